The Morgan fingerprint density at radius 1 is 1.26 bits per heavy atom. The minimum Gasteiger partial charge on any atom is -0.356 e. The maximum absolute atomic E-state index is 4.29. The van der Waals surface area contributed by atoms with E-state index in [1.807, 2.05) is 7.05 Å². The van der Waals surface area contributed by atoms with E-state index in [1.165, 1.54) is 32.4 Å². The molecule has 1 aliphatic heterocycles. The fourth-order valence-corrected chi connectivity index (χ4v) is 2.32. The summed E-state index contributed by atoms with van der Waals surface area (Å²) in [6, 6.07) is 0.453. The fraction of sp³-hybridized carbons (Fsp3) is 0.933. The van der Waals surface area contributed by atoms with Gasteiger partial charge in [-0.2, -0.15) is 0 Å². The third-order valence-electron chi connectivity index (χ3n) is 4.27. The molecule has 0 amide bonds. The first-order valence-electron chi connectivity index (χ1n) is 7.68. The van der Waals surface area contributed by atoms with Crippen LogP contribution in [0.3, 0.4) is 0 Å². The molecule has 0 bridgehead atoms. The van der Waals surface area contributed by atoms with Gasteiger partial charge in [-0.15, -0.1) is 0 Å². The lowest BCUT2D eigenvalue weighted by Crippen LogP contribution is -2.44. The molecule has 1 saturated heterocycles. The molecule has 1 fully saturated rings. The molecule has 0 radical (unpaired) electrons. The quantitative estimate of drug-likeness (QED) is 0.591. The number of guanidine groups is 1. The minimum atomic E-state index is 0.453. The van der Waals surface area contributed by atoms with E-state index in [0.29, 0.717) is 12.0 Å². The molecule has 1 rings (SSSR count). The van der Waals surface area contributed by atoms with Gasteiger partial charge < -0.3 is 15.5 Å². The van der Waals surface area contributed by atoms with Gasteiger partial charge in [0.1, 0.15) is 0 Å². The van der Waals surface area contributed by atoms with Gasteiger partial charge in [0, 0.05) is 19.6 Å². The lowest BCUT2D eigenvalue weighted by Gasteiger charge is -2.29. The minimum absolute atomic E-state index is 0.453. The summed E-state index contributed by atoms with van der Waals surface area (Å²) in [7, 11) is 4.06. The first-order valence-corrected chi connectivity index (χ1v) is 7.68. The summed E-state index contributed by atoms with van der Waals surface area (Å²) in [5.74, 6) is 2.44. The van der Waals surface area contributed by atoms with E-state index in [4.69, 9.17) is 0 Å². The zero-order chi connectivity index (χ0) is 14.3. The van der Waals surface area contributed by atoms with E-state index in [9.17, 15) is 0 Å². The molecule has 1 aliphatic rings. The van der Waals surface area contributed by atoms with Crippen molar-refractivity contribution in [1.82, 2.24) is 15.5 Å². The van der Waals surface area contributed by atoms with Crippen LogP contribution in [-0.4, -0.2) is 50.6 Å². The van der Waals surface area contributed by atoms with Crippen molar-refractivity contribution < 1.29 is 0 Å². The highest BCUT2D eigenvalue weighted by molar-refractivity contribution is 5.79. The smallest absolute Gasteiger partial charge is 0.191 e. The second-order valence-electron chi connectivity index (χ2n) is 6.21. The van der Waals surface area contributed by atoms with Crippen LogP contribution in [0.5, 0.6) is 0 Å². The van der Waals surface area contributed by atoms with Crippen LogP contribution < -0.4 is 10.6 Å². The van der Waals surface area contributed by atoms with E-state index in [-0.39, 0.29) is 0 Å². The number of hydrogen-bond acceptors (Lipinski definition) is 2. The largest absolute Gasteiger partial charge is 0.356 e. The van der Waals surface area contributed by atoms with E-state index < -0.39 is 0 Å². The Balaban J connectivity index is 2.19. The number of nitrogens with zero attached hydrogens (tertiary/aromatic N) is 2. The van der Waals surface area contributed by atoms with Crippen molar-refractivity contribution in [1.29, 1.82) is 0 Å². The van der Waals surface area contributed by atoms with E-state index in [1.54, 1.807) is 0 Å². The molecule has 1 heterocycles. The Morgan fingerprint density at radius 2 is 1.89 bits per heavy atom. The third-order valence-corrected chi connectivity index (χ3v) is 4.27. The number of nitrogens with one attached hydrogen (secondary N) is 2. The molecule has 1 unspecified atom stereocenters. The molecule has 0 spiro atoms. The SMILES string of the molecule is CN=C(NCCC1CCN(C)CC1)NC(C)C(C)C. The lowest BCUT2D eigenvalue weighted by molar-refractivity contribution is 0.213. The zero-order valence-electron chi connectivity index (χ0n) is 13.4. The standard InChI is InChI=1S/C15H32N4/c1-12(2)13(3)18-15(16-4)17-9-6-14-7-10-19(5)11-8-14/h12-14H,6-11H2,1-5H3,(H2,16,17,18). The van der Waals surface area contributed by atoms with Crippen LogP contribution in [0.25, 0.3) is 0 Å². The summed E-state index contributed by atoms with van der Waals surface area (Å²) in [6.07, 6.45) is 3.93. The summed E-state index contributed by atoms with van der Waals surface area (Å²) in [5, 5.41) is 6.88. The summed E-state index contributed by atoms with van der Waals surface area (Å²) >= 11 is 0. The van der Waals surface area contributed by atoms with Gasteiger partial charge in [0.25, 0.3) is 0 Å². The predicted octanol–water partition coefficient (Wildman–Crippen LogP) is 1.93. The van der Waals surface area contributed by atoms with Crippen LogP contribution in [-0.2, 0) is 0 Å². The van der Waals surface area contributed by atoms with Crippen LogP contribution in [0.4, 0.5) is 0 Å². The van der Waals surface area contributed by atoms with Crippen LogP contribution in [0.2, 0.25) is 0 Å². The van der Waals surface area contributed by atoms with Gasteiger partial charge in [-0.05, 0) is 58.2 Å². The van der Waals surface area contributed by atoms with Gasteiger partial charge in [-0.3, -0.25) is 4.99 Å². The summed E-state index contributed by atoms with van der Waals surface area (Å²) < 4.78 is 0. The summed E-state index contributed by atoms with van der Waals surface area (Å²) in [4.78, 5) is 6.72. The van der Waals surface area contributed by atoms with Gasteiger partial charge in [0.2, 0.25) is 0 Å². The Morgan fingerprint density at radius 3 is 2.42 bits per heavy atom. The molecule has 2 N–H and O–H groups in total. The highest BCUT2D eigenvalue weighted by Gasteiger charge is 2.16. The second kappa shape index (κ2) is 8.41. The van der Waals surface area contributed by atoms with E-state index >= 15 is 0 Å². The molecular formula is C15H32N4. The van der Waals surface area contributed by atoms with Crippen LogP contribution in [0, 0.1) is 11.8 Å². The van der Waals surface area contributed by atoms with Crippen LogP contribution in [0.15, 0.2) is 4.99 Å². The first kappa shape index (κ1) is 16.3. The molecule has 0 saturated carbocycles. The van der Waals surface area contributed by atoms with Crippen molar-refractivity contribution in [3.8, 4) is 0 Å². The number of likely N-dealkylation sites (tertiary alicyclic amines) is 1. The maximum Gasteiger partial charge on any atom is 0.191 e. The van der Waals surface area contributed by atoms with Gasteiger partial charge in [0.05, 0.1) is 0 Å². The van der Waals surface area contributed by atoms with Gasteiger partial charge in [-0.1, -0.05) is 13.8 Å². The molecule has 4 heteroatoms. The molecule has 0 aromatic rings. The highest BCUT2D eigenvalue weighted by Crippen LogP contribution is 2.18. The Kier molecular flexibility index (Phi) is 7.21. The fourth-order valence-electron chi connectivity index (χ4n) is 2.32. The topological polar surface area (TPSA) is 39.7 Å². The molecular weight excluding hydrogens is 236 g/mol. The zero-order valence-corrected chi connectivity index (χ0v) is 13.4. The van der Waals surface area contributed by atoms with Crippen LogP contribution >= 0.6 is 0 Å². The third kappa shape index (κ3) is 6.28. The molecule has 0 aromatic carbocycles. The van der Waals surface area contributed by atoms with Crippen molar-refractivity contribution >= 4 is 5.96 Å². The predicted molar refractivity (Wildman–Crippen MR) is 83.6 cm³/mol. The summed E-state index contributed by atoms with van der Waals surface area (Å²) in [5.41, 5.74) is 0. The van der Waals surface area contributed by atoms with Gasteiger partial charge >= 0.3 is 0 Å². The first-order chi connectivity index (χ1) is 9.02. The number of rotatable bonds is 5. The molecule has 0 aliphatic carbocycles. The van der Waals surface area contributed by atoms with Gasteiger partial charge in [0.15, 0.2) is 5.96 Å². The number of hydrogen-bond donors (Lipinski definition) is 2. The molecule has 0 aromatic heterocycles. The Labute approximate surface area is 119 Å². The van der Waals surface area contributed by atoms with Crippen molar-refractivity contribution in [3.63, 3.8) is 0 Å². The van der Waals surface area contributed by atoms with Crippen molar-refractivity contribution in [2.75, 3.05) is 33.7 Å². The molecule has 1 atom stereocenters. The van der Waals surface area contributed by atoms with Crippen molar-refractivity contribution in [2.45, 2.75) is 46.1 Å². The molecule has 4 nitrogen and oxygen atoms in total. The Hall–Kier alpha value is -0.770. The van der Waals surface area contributed by atoms with Crippen molar-refractivity contribution in [3.05, 3.63) is 0 Å². The maximum atomic E-state index is 4.29. The highest BCUT2D eigenvalue weighted by atomic mass is 15.2. The Bertz CT molecular complexity index is 267. The molecule has 19 heavy (non-hydrogen) atoms. The number of piperidine rings is 1. The second-order valence-corrected chi connectivity index (χ2v) is 6.21. The monoisotopic (exact) mass is 268 g/mol. The lowest BCUT2D eigenvalue weighted by atomic mass is 9.94. The van der Waals surface area contributed by atoms with E-state index in [0.717, 1.165) is 18.4 Å². The van der Waals surface area contributed by atoms with Crippen LogP contribution in [0.1, 0.15) is 40.0 Å². The van der Waals surface area contributed by atoms with Crippen molar-refractivity contribution in [2.24, 2.45) is 16.8 Å². The average Bonchev–Trinajstić information content (AvgIpc) is 2.39. The average molecular weight is 268 g/mol. The van der Waals surface area contributed by atoms with E-state index in [2.05, 4.69) is 48.3 Å². The normalized spacial score (nSPS) is 20.6. The molecule has 112 valence electrons. The number of aliphatic imine (C=N–C) groups is 1. The summed E-state index contributed by atoms with van der Waals surface area (Å²) in [6.45, 7) is 10.2. The van der Waals surface area contributed by atoms with Gasteiger partial charge in [-0.25, -0.2) is 0 Å².